The van der Waals surface area contributed by atoms with Crippen LogP contribution < -0.4 is 5.73 Å². The third kappa shape index (κ3) is 2.83. The number of hydrogen-bond donors (Lipinski definition) is 2. The van der Waals surface area contributed by atoms with E-state index < -0.39 is 5.60 Å². The van der Waals surface area contributed by atoms with Crippen LogP contribution in [0.25, 0.3) is 11.5 Å². The first-order chi connectivity index (χ1) is 8.11. The Morgan fingerprint density at radius 3 is 3.00 bits per heavy atom. The molecule has 0 spiro atoms. The molecule has 0 saturated heterocycles. The summed E-state index contributed by atoms with van der Waals surface area (Å²) in [6.07, 6.45) is 3.21. The lowest BCUT2D eigenvalue weighted by Crippen LogP contribution is -2.36. The number of hydrogen-bond acceptors (Lipinski definition) is 7. The summed E-state index contributed by atoms with van der Waals surface area (Å²) in [6, 6.07) is 1.68. The van der Waals surface area contributed by atoms with Gasteiger partial charge in [-0.15, -0.1) is 0 Å². The van der Waals surface area contributed by atoms with E-state index in [1.165, 1.54) is 6.33 Å². The molecule has 2 aromatic heterocycles. The van der Waals surface area contributed by atoms with Gasteiger partial charge in [0, 0.05) is 12.7 Å². The molecular weight excluding hydrogens is 222 g/mol. The highest BCUT2D eigenvalue weighted by Gasteiger charge is 2.23. The van der Waals surface area contributed by atoms with Crippen LogP contribution >= 0.6 is 0 Å². The van der Waals surface area contributed by atoms with Crippen LogP contribution in [-0.2, 0) is 6.42 Å². The van der Waals surface area contributed by atoms with Crippen LogP contribution in [0.1, 0.15) is 12.8 Å². The van der Waals surface area contributed by atoms with E-state index in [4.69, 9.17) is 10.3 Å². The molecule has 1 atom stereocenters. The van der Waals surface area contributed by atoms with Crippen molar-refractivity contribution in [1.82, 2.24) is 20.1 Å². The van der Waals surface area contributed by atoms with Gasteiger partial charge in [-0.3, -0.25) is 0 Å². The van der Waals surface area contributed by atoms with Crippen LogP contribution in [0.5, 0.6) is 0 Å². The summed E-state index contributed by atoms with van der Waals surface area (Å²) in [4.78, 5) is 11.9. The highest BCUT2D eigenvalue weighted by atomic mass is 16.5. The van der Waals surface area contributed by atoms with Gasteiger partial charge in [0.2, 0.25) is 11.7 Å². The summed E-state index contributed by atoms with van der Waals surface area (Å²) in [7, 11) is 0. The first-order valence-electron chi connectivity index (χ1n) is 5.12. The minimum absolute atomic E-state index is 0.123. The van der Waals surface area contributed by atoms with Gasteiger partial charge < -0.3 is 15.4 Å². The number of aliphatic hydroxyl groups is 1. The smallest absolute Gasteiger partial charge is 0.229 e. The van der Waals surface area contributed by atoms with E-state index in [1.54, 1.807) is 19.2 Å². The molecule has 0 aliphatic carbocycles. The molecule has 0 amide bonds. The summed E-state index contributed by atoms with van der Waals surface area (Å²) >= 11 is 0. The van der Waals surface area contributed by atoms with E-state index in [0.717, 1.165) is 0 Å². The first-order valence-corrected chi connectivity index (χ1v) is 5.12. The van der Waals surface area contributed by atoms with Crippen LogP contribution in [0.15, 0.2) is 23.1 Å². The van der Waals surface area contributed by atoms with Crippen molar-refractivity contribution in [2.24, 2.45) is 5.73 Å². The van der Waals surface area contributed by atoms with Gasteiger partial charge in [-0.2, -0.15) is 4.98 Å². The van der Waals surface area contributed by atoms with E-state index in [0.29, 0.717) is 17.4 Å². The number of rotatable bonds is 4. The van der Waals surface area contributed by atoms with Crippen molar-refractivity contribution in [2.45, 2.75) is 18.9 Å². The molecule has 0 aromatic carbocycles. The van der Waals surface area contributed by atoms with Crippen molar-refractivity contribution < 1.29 is 9.63 Å². The van der Waals surface area contributed by atoms with Crippen molar-refractivity contribution >= 4 is 0 Å². The summed E-state index contributed by atoms with van der Waals surface area (Å²) < 4.78 is 5.02. The summed E-state index contributed by atoms with van der Waals surface area (Å²) in [6.45, 7) is 1.74. The molecular formula is C10H13N5O2. The number of aromatic nitrogens is 4. The minimum atomic E-state index is -1.05. The lowest BCUT2D eigenvalue weighted by Gasteiger charge is -2.17. The Kier molecular flexibility index (Phi) is 3.12. The molecule has 2 rings (SSSR count). The van der Waals surface area contributed by atoms with E-state index in [-0.39, 0.29) is 13.0 Å². The Hall–Kier alpha value is -1.86. The molecule has 0 saturated carbocycles. The first kappa shape index (κ1) is 11.6. The predicted molar refractivity (Wildman–Crippen MR) is 58.7 cm³/mol. The maximum absolute atomic E-state index is 9.78. The second-order valence-electron chi connectivity index (χ2n) is 3.98. The Morgan fingerprint density at radius 2 is 2.35 bits per heavy atom. The molecule has 90 valence electrons. The second kappa shape index (κ2) is 4.56. The zero-order valence-corrected chi connectivity index (χ0v) is 9.37. The monoisotopic (exact) mass is 235 g/mol. The molecule has 2 heterocycles. The van der Waals surface area contributed by atoms with Crippen molar-refractivity contribution in [3.63, 3.8) is 0 Å². The Balaban J connectivity index is 2.17. The number of nitrogens with zero attached hydrogens (tertiary/aromatic N) is 4. The normalized spacial score (nSPS) is 14.5. The second-order valence-corrected chi connectivity index (χ2v) is 3.98. The molecule has 7 heteroatoms. The molecule has 3 N–H and O–H groups in total. The molecule has 0 fully saturated rings. The summed E-state index contributed by atoms with van der Waals surface area (Å²) in [5, 5.41) is 13.6. The molecule has 1 unspecified atom stereocenters. The van der Waals surface area contributed by atoms with Crippen LogP contribution in [0.3, 0.4) is 0 Å². The maximum atomic E-state index is 9.78. The molecule has 7 nitrogen and oxygen atoms in total. The van der Waals surface area contributed by atoms with Crippen molar-refractivity contribution in [1.29, 1.82) is 0 Å². The highest BCUT2D eigenvalue weighted by Crippen LogP contribution is 2.15. The quantitative estimate of drug-likeness (QED) is 0.753. The van der Waals surface area contributed by atoms with Crippen LogP contribution in [0.2, 0.25) is 0 Å². The molecule has 0 radical (unpaired) electrons. The highest BCUT2D eigenvalue weighted by molar-refractivity contribution is 5.46. The molecule has 17 heavy (non-hydrogen) atoms. The van der Waals surface area contributed by atoms with Gasteiger partial charge in [0.05, 0.1) is 12.0 Å². The largest absolute Gasteiger partial charge is 0.388 e. The average molecular weight is 235 g/mol. The predicted octanol–water partition coefficient (Wildman–Crippen LogP) is -0.221. The molecule has 2 aromatic rings. The standard InChI is InChI=1S/C10H13N5O2/c1-10(16,5-11)4-8-14-9(15-17-8)7-2-3-12-6-13-7/h2-3,6,16H,4-5,11H2,1H3. The van der Waals surface area contributed by atoms with Crippen molar-refractivity contribution in [3.05, 3.63) is 24.5 Å². The minimum Gasteiger partial charge on any atom is -0.388 e. The zero-order chi connectivity index (χ0) is 12.3. The Labute approximate surface area is 97.7 Å². The van der Waals surface area contributed by atoms with Gasteiger partial charge in [0.15, 0.2) is 0 Å². The van der Waals surface area contributed by atoms with Crippen LogP contribution in [0.4, 0.5) is 0 Å². The van der Waals surface area contributed by atoms with Crippen LogP contribution in [0, 0.1) is 0 Å². The lowest BCUT2D eigenvalue weighted by molar-refractivity contribution is 0.0610. The third-order valence-corrected chi connectivity index (χ3v) is 2.25. The average Bonchev–Trinajstić information content (AvgIpc) is 2.78. The van der Waals surface area contributed by atoms with Crippen LogP contribution in [-0.4, -0.2) is 37.4 Å². The Morgan fingerprint density at radius 1 is 1.53 bits per heavy atom. The van der Waals surface area contributed by atoms with E-state index >= 15 is 0 Å². The van der Waals surface area contributed by atoms with Gasteiger partial charge in [-0.1, -0.05) is 5.16 Å². The van der Waals surface area contributed by atoms with E-state index in [2.05, 4.69) is 20.1 Å². The Bertz CT molecular complexity index is 482. The third-order valence-electron chi connectivity index (χ3n) is 2.25. The molecule has 0 aliphatic heterocycles. The number of nitrogens with two attached hydrogens (primary N) is 1. The molecule has 0 aliphatic rings. The summed E-state index contributed by atoms with van der Waals surface area (Å²) in [5.41, 5.74) is 4.94. The zero-order valence-electron chi connectivity index (χ0n) is 9.37. The fraction of sp³-hybridized carbons (Fsp3) is 0.400. The maximum Gasteiger partial charge on any atom is 0.229 e. The van der Waals surface area contributed by atoms with Gasteiger partial charge in [-0.05, 0) is 13.0 Å². The lowest BCUT2D eigenvalue weighted by atomic mass is 10.0. The van der Waals surface area contributed by atoms with Crippen molar-refractivity contribution in [3.8, 4) is 11.5 Å². The van der Waals surface area contributed by atoms with Crippen molar-refractivity contribution in [2.75, 3.05) is 6.54 Å². The summed E-state index contributed by atoms with van der Waals surface area (Å²) in [5.74, 6) is 0.698. The van der Waals surface area contributed by atoms with Gasteiger partial charge in [0.1, 0.15) is 12.0 Å². The molecule has 0 bridgehead atoms. The SMILES string of the molecule is CC(O)(CN)Cc1nc(-c2ccncn2)no1. The topological polar surface area (TPSA) is 111 Å². The van der Waals surface area contributed by atoms with Gasteiger partial charge in [0.25, 0.3) is 0 Å². The van der Waals surface area contributed by atoms with E-state index in [1.807, 2.05) is 0 Å². The van der Waals surface area contributed by atoms with Gasteiger partial charge in [-0.25, -0.2) is 9.97 Å². The van der Waals surface area contributed by atoms with Gasteiger partial charge >= 0.3 is 0 Å². The van der Waals surface area contributed by atoms with E-state index in [9.17, 15) is 5.11 Å². The fourth-order valence-electron chi connectivity index (χ4n) is 1.25. The fourth-order valence-corrected chi connectivity index (χ4v) is 1.25.